The molecule has 0 saturated carbocycles. The lowest BCUT2D eigenvalue weighted by Crippen LogP contribution is -2.39. The molecule has 0 unspecified atom stereocenters. The largest absolute Gasteiger partial charge is 0.458 e. The highest BCUT2D eigenvalue weighted by atomic mass is 16.6. The van der Waals surface area contributed by atoms with Crippen molar-refractivity contribution in [2.45, 2.75) is 39.2 Å². The summed E-state index contributed by atoms with van der Waals surface area (Å²) in [7, 11) is 0. The smallest absolute Gasteiger partial charge is 0.409 e. The number of carbonyl (C=O) groups is 1. The molecule has 2 aromatic rings. The summed E-state index contributed by atoms with van der Waals surface area (Å²) < 4.78 is 13.1. The van der Waals surface area contributed by atoms with E-state index >= 15 is 0 Å². The van der Waals surface area contributed by atoms with Gasteiger partial charge in [0, 0.05) is 37.9 Å². The third-order valence-electron chi connectivity index (χ3n) is 4.28. The summed E-state index contributed by atoms with van der Waals surface area (Å²) in [6.45, 7) is 5.73. The highest BCUT2D eigenvalue weighted by Crippen LogP contribution is 2.29. The van der Waals surface area contributed by atoms with Gasteiger partial charge in [-0.2, -0.15) is 0 Å². The lowest BCUT2D eigenvalue weighted by Gasteiger charge is -2.32. The van der Waals surface area contributed by atoms with E-state index in [0.29, 0.717) is 25.7 Å². The first-order chi connectivity index (χ1) is 11.2. The van der Waals surface area contributed by atoms with Crippen LogP contribution in [-0.4, -0.2) is 40.2 Å². The fourth-order valence-electron chi connectivity index (χ4n) is 3.03. The number of aryl methyl sites for hydroxylation is 1. The number of hydrogen-bond donors (Lipinski definition) is 0. The maximum Gasteiger partial charge on any atom is 0.409 e. The van der Waals surface area contributed by atoms with Crippen LogP contribution in [0.15, 0.2) is 28.9 Å². The van der Waals surface area contributed by atoms with Crippen molar-refractivity contribution in [1.82, 2.24) is 14.5 Å². The fourth-order valence-corrected chi connectivity index (χ4v) is 3.03. The topological polar surface area (TPSA) is 60.5 Å². The Labute approximate surface area is 136 Å². The van der Waals surface area contributed by atoms with Gasteiger partial charge in [-0.25, -0.2) is 9.78 Å². The lowest BCUT2D eigenvalue weighted by molar-refractivity contribution is 0.0928. The number of hydrogen-bond acceptors (Lipinski definition) is 4. The summed E-state index contributed by atoms with van der Waals surface area (Å²) in [6, 6.07) is 4.30. The second-order valence-corrected chi connectivity index (χ2v) is 5.69. The Morgan fingerprint density at radius 3 is 2.78 bits per heavy atom. The zero-order valence-electron chi connectivity index (χ0n) is 13.7. The minimum Gasteiger partial charge on any atom is -0.458 e. The van der Waals surface area contributed by atoms with Gasteiger partial charge in [0.1, 0.15) is 5.76 Å². The van der Waals surface area contributed by atoms with E-state index < -0.39 is 0 Å². The molecular weight excluding hydrogens is 294 g/mol. The first-order valence-corrected chi connectivity index (χ1v) is 8.26. The predicted molar refractivity (Wildman–Crippen MR) is 86.2 cm³/mol. The van der Waals surface area contributed by atoms with Gasteiger partial charge in [-0.1, -0.05) is 6.92 Å². The summed E-state index contributed by atoms with van der Waals surface area (Å²) in [5.41, 5.74) is 0. The van der Waals surface area contributed by atoms with Gasteiger partial charge < -0.3 is 18.6 Å². The first-order valence-electron chi connectivity index (χ1n) is 8.26. The number of ether oxygens (including phenoxy) is 1. The van der Waals surface area contributed by atoms with Gasteiger partial charge in [0.2, 0.25) is 0 Å². The molecule has 3 rings (SSSR count). The van der Waals surface area contributed by atoms with Crippen molar-refractivity contribution in [1.29, 1.82) is 0 Å². The quantitative estimate of drug-likeness (QED) is 0.866. The van der Waals surface area contributed by atoms with Crippen LogP contribution in [0, 0.1) is 0 Å². The van der Waals surface area contributed by atoms with E-state index in [2.05, 4.69) is 16.5 Å². The van der Waals surface area contributed by atoms with Crippen LogP contribution in [0.3, 0.4) is 0 Å². The minimum absolute atomic E-state index is 0.213. The Hall–Kier alpha value is -2.24. The molecule has 1 aliphatic heterocycles. The molecule has 0 N–H and O–H groups in total. The maximum atomic E-state index is 11.8. The van der Waals surface area contributed by atoms with Crippen molar-refractivity contribution in [3.8, 4) is 11.6 Å². The fraction of sp³-hybridized carbons (Fsp3) is 0.529. The maximum absolute atomic E-state index is 11.8. The van der Waals surface area contributed by atoms with Crippen LogP contribution in [0.25, 0.3) is 11.6 Å². The number of carbonyl (C=O) groups excluding carboxylic acids is 1. The van der Waals surface area contributed by atoms with Crippen LogP contribution in [0.4, 0.5) is 4.79 Å². The van der Waals surface area contributed by atoms with Crippen molar-refractivity contribution in [3.63, 3.8) is 0 Å². The molecule has 124 valence electrons. The van der Waals surface area contributed by atoms with Crippen LogP contribution in [0.1, 0.15) is 38.5 Å². The molecule has 0 aromatic carbocycles. The molecule has 0 spiro atoms. The lowest BCUT2D eigenvalue weighted by atomic mass is 10.1. The second-order valence-electron chi connectivity index (χ2n) is 5.69. The molecule has 0 atom stereocenters. The Kier molecular flexibility index (Phi) is 4.69. The monoisotopic (exact) mass is 317 g/mol. The highest BCUT2D eigenvalue weighted by Gasteiger charge is 2.26. The molecule has 0 bridgehead atoms. The van der Waals surface area contributed by atoms with E-state index in [9.17, 15) is 4.79 Å². The molecular formula is C17H23N3O3. The van der Waals surface area contributed by atoms with Gasteiger partial charge in [-0.3, -0.25) is 0 Å². The molecule has 23 heavy (non-hydrogen) atoms. The molecule has 0 radical (unpaired) electrons. The SMILES string of the molecule is CCOC(=O)N1CCC(n2ccnc2-c2ccc(CC)o2)CC1. The summed E-state index contributed by atoms with van der Waals surface area (Å²) in [5.74, 6) is 2.63. The Balaban J connectivity index is 1.70. The van der Waals surface area contributed by atoms with Crippen molar-refractivity contribution in [3.05, 3.63) is 30.3 Å². The molecule has 3 heterocycles. The summed E-state index contributed by atoms with van der Waals surface area (Å²) >= 11 is 0. The molecule has 6 nitrogen and oxygen atoms in total. The van der Waals surface area contributed by atoms with E-state index in [-0.39, 0.29) is 6.09 Å². The van der Waals surface area contributed by atoms with Crippen molar-refractivity contribution in [2.24, 2.45) is 0 Å². The number of amides is 1. The number of nitrogens with zero attached hydrogens (tertiary/aromatic N) is 3. The normalized spacial score (nSPS) is 15.8. The third kappa shape index (κ3) is 3.25. The second kappa shape index (κ2) is 6.89. The van der Waals surface area contributed by atoms with Crippen LogP contribution in [0.2, 0.25) is 0 Å². The number of imidazole rings is 1. The number of likely N-dealkylation sites (tertiary alicyclic amines) is 1. The van der Waals surface area contributed by atoms with Gasteiger partial charge in [-0.15, -0.1) is 0 Å². The summed E-state index contributed by atoms with van der Waals surface area (Å²) in [4.78, 5) is 18.0. The first kappa shape index (κ1) is 15.6. The molecule has 2 aromatic heterocycles. The summed E-state index contributed by atoms with van der Waals surface area (Å²) in [6.07, 6.45) is 6.25. The van der Waals surface area contributed by atoms with Crippen molar-refractivity contribution in [2.75, 3.05) is 19.7 Å². The van der Waals surface area contributed by atoms with Gasteiger partial charge in [0.15, 0.2) is 11.6 Å². The zero-order valence-corrected chi connectivity index (χ0v) is 13.7. The molecule has 0 aliphatic carbocycles. The van der Waals surface area contributed by atoms with Gasteiger partial charge >= 0.3 is 6.09 Å². The van der Waals surface area contributed by atoms with Crippen molar-refractivity contribution >= 4 is 6.09 Å². The Morgan fingerprint density at radius 2 is 2.13 bits per heavy atom. The molecule has 1 amide bonds. The average molecular weight is 317 g/mol. The van der Waals surface area contributed by atoms with Gasteiger partial charge in [0.05, 0.1) is 6.61 Å². The minimum atomic E-state index is -0.213. The molecule has 1 saturated heterocycles. The zero-order chi connectivity index (χ0) is 16.2. The van der Waals surface area contributed by atoms with E-state index in [1.54, 1.807) is 11.1 Å². The van der Waals surface area contributed by atoms with E-state index in [1.165, 1.54) is 0 Å². The highest BCUT2D eigenvalue weighted by molar-refractivity contribution is 5.67. The van der Waals surface area contributed by atoms with Crippen LogP contribution >= 0.6 is 0 Å². The standard InChI is InChI=1S/C17H23N3O3/c1-3-14-5-6-15(23-14)16-18-9-12-20(16)13-7-10-19(11-8-13)17(21)22-4-2/h5-6,9,12-13H,3-4,7-8,10-11H2,1-2H3. The number of rotatable bonds is 4. The molecule has 1 fully saturated rings. The van der Waals surface area contributed by atoms with Crippen LogP contribution in [-0.2, 0) is 11.2 Å². The van der Waals surface area contributed by atoms with E-state index in [4.69, 9.17) is 9.15 Å². The molecule has 6 heteroatoms. The average Bonchev–Trinajstić information content (AvgIpc) is 3.24. The van der Waals surface area contributed by atoms with Gasteiger partial charge in [-0.05, 0) is 31.9 Å². The van der Waals surface area contributed by atoms with E-state index in [1.807, 2.05) is 25.3 Å². The van der Waals surface area contributed by atoms with Crippen molar-refractivity contribution < 1.29 is 13.9 Å². The third-order valence-corrected chi connectivity index (χ3v) is 4.28. The predicted octanol–water partition coefficient (Wildman–Crippen LogP) is 3.50. The van der Waals surface area contributed by atoms with Crippen LogP contribution in [0.5, 0.6) is 0 Å². The Morgan fingerprint density at radius 1 is 1.35 bits per heavy atom. The number of piperidine rings is 1. The van der Waals surface area contributed by atoms with Crippen LogP contribution < -0.4 is 0 Å². The Bertz CT molecular complexity index is 654. The van der Waals surface area contributed by atoms with Gasteiger partial charge in [0.25, 0.3) is 0 Å². The number of aromatic nitrogens is 2. The van der Waals surface area contributed by atoms with E-state index in [0.717, 1.165) is 36.6 Å². The summed E-state index contributed by atoms with van der Waals surface area (Å²) in [5, 5.41) is 0. The number of furan rings is 1. The molecule has 1 aliphatic rings.